The molecule has 1 amide bonds. The van der Waals surface area contributed by atoms with Gasteiger partial charge in [0.1, 0.15) is 11.2 Å². The van der Waals surface area contributed by atoms with Crippen LogP contribution in [-0.2, 0) is 4.79 Å². The summed E-state index contributed by atoms with van der Waals surface area (Å²) in [6, 6.07) is 19.2. The monoisotopic (exact) mass is 471 g/mol. The van der Waals surface area contributed by atoms with Crippen molar-refractivity contribution in [3.05, 3.63) is 89.1 Å². The number of thioether (sulfide) groups is 1. The van der Waals surface area contributed by atoms with Gasteiger partial charge in [-0.25, -0.2) is 14.1 Å². The van der Waals surface area contributed by atoms with E-state index in [0.717, 1.165) is 16.5 Å². The molecule has 1 unspecified atom stereocenters. The lowest BCUT2D eigenvalue weighted by atomic mass is 10.1. The molecule has 2 aromatic heterocycles. The molecule has 6 rings (SSSR count). The average Bonchev–Trinajstić information content (AvgIpc) is 3.45. The molecule has 0 fully saturated rings. The Balaban J connectivity index is 1.30. The highest BCUT2D eigenvalue weighted by Crippen LogP contribution is 2.34. The van der Waals surface area contributed by atoms with Gasteiger partial charge in [0.25, 0.3) is 5.56 Å². The second kappa shape index (κ2) is 8.11. The van der Waals surface area contributed by atoms with Gasteiger partial charge in [-0.15, -0.1) is 0 Å². The molecule has 1 aliphatic heterocycles. The van der Waals surface area contributed by atoms with Crippen molar-refractivity contribution in [3.63, 3.8) is 0 Å². The van der Waals surface area contributed by atoms with Gasteiger partial charge in [-0.2, -0.15) is 5.10 Å². The van der Waals surface area contributed by atoms with Crippen LogP contribution in [0.5, 0.6) is 0 Å². The standard InChI is InChI=1S/C25H18FN5O2S/c26-16-8-10-17(11-9-16)31-23-20(13-27-31)24(33)30-18(14-34-25(30)29-23)12-22(32)28-21-7-3-5-15-4-1-2-6-19(15)21/h1-11,13,18H,12,14H2,(H,28,32). The van der Waals surface area contributed by atoms with Crippen molar-refractivity contribution in [2.45, 2.75) is 17.6 Å². The lowest BCUT2D eigenvalue weighted by Gasteiger charge is -2.14. The van der Waals surface area contributed by atoms with Crippen LogP contribution in [0.1, 0.15) is 12.5 Å². The normalized spacial score (nSPS) is 15.0. The zero-order valence-electron chi connectivity index (χ0n) is 17.8. The van der Waals surface area contributed by atoms with E-state index in [0.29, 0.717) is 27.6 Å². The fourth-order valence-electron chi connectivity index (χ4n) is 4.30. The van der Waals surface area contributed by atoms with Gasteiger partial charge in [0, 0.05) is 23.2 Å². The summed E-state index contributed by atoms with van der Waals surface area (Å²) in [5.41, 5.74) is 1.54. The first kappa shape index (κ1) is 20.6. The predicted octanol–water partition coefficient (Wildman–Crippen LogP) is 4.55. The maximum absolute atomic E-state index is 13.3. The van der Waals surface area contributed by atoms with Crippen LogP contribution in [0.2, 0.25) is 0 Å². The van der Waals surface area contributed by atoms with Crippen molar-refractivity contribution >= 4 is 45.2 Å². The molecule has 34 heavy (non-hydrogen) atoms. The predicted molar refractivity (Wildman–Crippen MR) is 130 cm³/mol. The number of halogens is 1. The number of hydrogen-bond acceptors (Lipinski definition) is 5. The summed E-state index contributed by atoms with van der Waals surface area (Å²) in [6.45, 7) is 0. The van der Waals surface area contributed by atoms with E-state index in [1.54, 1.807) is 16.7 Å². The minimum atomic E-state index is -0.352. The summed E-state index contributed by atoms with van der Waals surface area (Å²) in [5.74, 6) is 0.0556. The molecule has 3 heterocycles. The first-order chi connectivity index (χ1) is 16.6. The largest absolute Gasteiger partial charge is 0.325 e. The summed E-state index contributed by atoms with van der Waals surface area (Å²) >= 11 is 1.44. The molecule has 168 valence electrons. The molecule has 0 saturated heterocycles. The molecule has 9 heteroatoms. The Labute approximate surface area is 197 Å². The summed E-state index contributed by atoms with van der Waals surface area (Å²) in [6.07, 6.45) is 1.62. The van der Waals surface area contributed by atoms with Crippen LogP contribution in [-0.4, -0.2) is 31.0 Å². The van der Waals surface area contributed by atoms with Crippen molar-refractivity contribution in [1.29, 1.82) is 0 Å². The summed E-state index contributed by atoms with van der Waals surface area (Å²) < 4.78 is 16.4. The zero-order chi connectivity index (χ0) is 23.2. The highest BCUT2D eigenvalue weighted by molar-refractivity contribution is 7.99. The number of amides is 1. The number of carbonyl (C=O) groups is 1. The van der Waals surface area contributed by atoms with E-state index in [1.165, 1.54) is 34.8 Å². The Bertz CT molecular complexity index is 1620. The number of nitrogens with one attached hydrogen (secondary N) is 1. The van der Waals surface area contributed by atoms with Crippen LogP contribution in [0.3, 0.4) is 0 Å². The molecular formula is C25H18FN5O2S. The molecule has 0 spiro atoms. The SMILES string of the molecule is O=C(CC1CSc2nc3c(cnn3-c3ccc(F)cc3)c(=O)n21)Nc1cccc2ccccc12. The van der Waals surface area contributed by atoms with Crippen molar-refractivity contribution in [2.24, 2.45) is 0 Å². The summed E-state index contributed by atoms with van der Waals surface area (Å²) in [7, 11) is 0. The molecule has 1 N–H and O–H groups in total. The fourth-order valence-corrected chi connectivity index (χ4v) is 5.43. The second-order valence-electron chi connectivity index (χ2n) is 8.08. The maximum atomic E-state index is 13.3. The third-order valence-corrected chi connectivity index (χ3v) is 7.02. The van der Waals surface area contributed by atoms with Crippen molar-refractivity contribution in [3.8, 4) is 5.69 Å². The van der Waals surface area contributed by atoms with Gasteiger partial charge in [-0.3, -0.25) is 14.2 Å². The number of anilines is 1. The Morgan fingerprint density at radius 2 is 1.85 bits per heavy atom. The molecule has 1 aliphatic rings. The van der Waals surface area contributed by atoms with Crippen LogP contribution in [0, 0.1) is 5.82 Å². The van der Waals surface area contributed by atoms with Crippen LogP contribution in [0.4, 0.5) is 10.1 Å². The second-order valence-corrected chi connectivity index (χ2v) is 9.07. The Morgan fingerprint density at radius 1 is 1.06 bits per heavy atom. The van der Waals surface area contributed by atoms with E-state index in [4.69, 9.17) is 0 Å². The number of aromatic nitrogens is 4. The zero-order valence-corrected chi connectivity index (χ0v) is 18.6. The number of rotatable bonds is 4. The lowest BCUT2D eigenvalue weighted by Crippen LogP contribution is -2.27. The van der Waals surface area contributed by atoms with Crippen LogP contribution in [0.25, 0.3) is 27.5 Å². The first-order valence-corrected chi connectivity index (χ1v) is 11.7. The van der Waals surface area contributed by atoms with Gasteiger partial charge in [-0.1, -0.05) is 48.2 Å². The molecule has 0 aliphatic carbocycles. The number of carbonyl (C=O) groups excluding carboxylic acids is 1. The van der Waals surface area contributed by atoms with Gasteiger partial charge in [0.05, 0.1) is 17.9 Å². The van der Waals surface area contributed by atoms with Gasteiger partial charge in [0.2, 0.25) is 5.91 Å². The van der Waals surface area contributed by atoms with Gasteiger partial charge < -0.3 is 5.32 Å². The minimum absolute atomic E-state index is 0.155. The smallest absolute Gasteiger partial charge is 0.265 e. The number of hydrogen-bond donors (Lipinski definition) is 1. The Hall–Kier alpha value is -3.98. The van der Waals surface area contributed by atoms with Gasteiger partial charge >= 0.3 is 0 Å². The van der Waals surface area contributed by atoms with Gasteiger partial charge in [-0.05, 0) is 35.7 Å². The molecule has 3 aromatic carbocycles. The van der Waals surface area contributed by atoms with Crippen LogP contribution >= 0.6 is 11.8 Å². The number of fused-ring (bicyclic) bond motifs is 3. The highest BCUT2D eigenvalue weighted by Gasteiger charge is 2.29. The topological polar surface area (TPSA) is 81.8 Å². The highest BCUT2D eigenvalue weighted by atomic mass is 32.2. The molecule has 0 bridgehead atoms. The molecule has 0 saturated carbocycles. The third kappa shape index (κ3) is 3.45. The quantitative estimate of drug-likeness (QED) is 0.389. The molecule has 5 aromatic rings. The number of nitrogens with zero attached hydrogens (tertiary/aromatic N) is 4. The summed E-state index contributed by atoms with van der Waals surface area (Å²) in [4.78, 5) is 30.9. The van der Waals surface area contributed by atoms with E-state index in [1.807, 2.05) is 42.5 Å². The first-order valence-electron chi connectivity index (χ1n) is 10.7. The van der Waals surface area contributed by atoms with Crippen LogP contribution in [0.15, 0.2) is 82.9 Å². The van der Waals surface area contributed by atoms with Crippen molar-refractivity contribution in [1.82, 2.24) is 19.3 Å². The molecular weight excluding hydrogens is 453 g/mol. The molecule has 7 nitrogen and oxygen atoms in total. The molecule has 1 atom stereocenters. The minimum Gasteiger partial charge on any atom is -0.325 e. The van der Waals surface area contributed by atoms with E-state index >= 15 is 0 Å². The van der Waals surface area contributed by atoms with E-state index < -0.39 is 0 Å². The van der Waals surface area contributed by atoms with Crippen LogP contribution < -0.4 is 10.9 Å². The Morgan fingerprint density at radius 3 is 2.71 bits per heavy atom. The molecule has 0 radical (unpaired) electrons. The lowest BCUT2D eigenvalue weighted by molar-refractivity contribution is -0.116. The third-order valence-electron chi connectivity index (χ3n) is 5.93. The fraction of sp³-hybridized carbons (Fsp3) is 0.120. The van der Waals surface area contributed by atoms with E-state index in [2.05, 4.69) is 15.4 Å². The Kier molecular flexibility index (Phi) is 4.91. The van der Waals surface area contributed by atoms with Crippen molar-refractivity contribution < 1.29 is 9.18 Å². The maximum Gasteiger partial charge on any atom is 0.265 e. The van der Waals surface area contributed by atoms with Crippen molar-refractivity contribution in [2.75, 3.05) is 11.1 Å². The number of benzene rings is 3. The van der Waals surface area contributed by atoms with E-state index in [9.17, 15) is 14.0 Å². The summed E-state index contributed by atoms with van der Waals surface area (Å²) in [5, 5.41) is 10.2. The average molecular weight is 472 g/mol. The van der Waals surface area contributed by atoms with Gasteiger partial charge in [0.15, 0.2) is 10.8 Å². The van der Waals surface area contributed by atoms with E-state index in [-0.39, 0.29) is 29.7 Å².